The van der Waals surface area contributed by atoms with Gasteiger partial charge in [-0.3, -0.25) is 9.59 Å². The summed E-state index contributed by atoms with van der Waals surface area (Å²) < 4.78 is 5.62. The Kier molecular flexibility index (Phi) is 6.88. The number of ether oxygens (including phenoxy) is 1. The van der Waals surface area contributed by atoms with Crippen LogP contribution in [0.2, 0.25) is 0 Å². The third-order valence-corrected chi connectivity index (χ3v) is 5.29. The summed E-state index contributed by atoms with van der Waals surface area (Å²) in [5.41, 5.74) is 3.69. The van der Waals surface area contributed by atoms with Crippen LogP contribution in [0.3, 0.4) is 0 Å². The smallest absolute Gasteiger partial charge is 0.262 e. The lowest BCUT2D eigenvalue weighted by molar-refractivity contribution is -0.139. The molecule has 166 valence electrons. The van der Waals surface area contributed by atoms with Crippen molar-refractivity contribution in [1.82, 2.24) is 4.90 Å². The number of benzene rings is 2. The van der Waals surface area contributed by atoms with Crippen molar-refractivity contribution in [2.24, 2.45) is 5.41 Å². The number of anilines is 2. The first kappa shape index (κ1) is 22.7. The van der Waals surface area contributed by atoms with E-state index >= 15 is 0 Å². The quantitative estimate of drug-likeness (QED) is 0.789. The number of piperazine rings is 1. The van der Waals surface area contributed by atoms with Gasteiger partial charge in [0.15, 0.2) is 6.61 Å². The Morgan fingerprint density at radius 3 is 2.06 bits per heavy atom. The van der Waals surface area contributed by atoms with Gasteiger partial charge in [-0.1, -0.05) is 26.8 Å². The molecule has 1 N–H and O–H groups in total. The van der Waals surface area contributed by atoms with E-state index < -0.39 is 0 Å². The van der Waals surface area contributed by atoms with Crippen LogP contribution in [0, 0.1) is 19.3 Å². The molecule has 0 saturated carbocycles. The van der Waals surface area contributed by atoms with Gasteiger partial charge in [-0.15, -0.1) is 0 Å². The lowest BCUT2D eigenvalue weighted by atomic mass is 9.94. The number of hydrogen-bond acceptors (Lipinski definition) is 4. The zero-order chi connectivity index (χ0) is 22.6. The predicted octanol–water partition coefficient (Wildman–Crippen LogP) is 4.02. The van der Waals surface area contributed by atoms with Crippen molar-refractivity contribution >= 4 is 23.2 Å². The molecular formula is C25H33N3O3. The molecule has 1 aliphatic rings. The van der Waals surface area contributed by atoms with Crippen molar-refractivity contribution in [2.75, 3.05) is 43.0 Å². The van der Waals surface area contributed by atoms with Gasteiger partial charge < -0.3 is 19.9 Å². The molecule has 0 aromatic heterocycles. The van der Waals surface area contributed by atoms with Gasteiger partial charge in [-0.2, -0.15) is 0 Å². The highest BCUT2D eigenvalue weighted by Gasteiger charge is 2.29. The molecule has 2 aromatic rings. The van der Waals surface area contributed by atoms with Gasteiger partial charge in [0.25, 0.3) is 5.91 Å². The highest BCUT2D eigenvalue weighted by atomic mass is 16.5. The summed E-state index contributed by atoms with van der Waals surface area (Å²) in [5, 5.41) is 2.87. The lowest BCUT2D eigenvalue weighted by Crippen LogP contribution is -2.51. The van der Waals surface area contributed by atoms with Crippen LogP contribution >= 0.6 is 0 Å². The summed E-state index contributed by atoms with van der Waals surface area (Å²) >= 11 is 0. The SMILES string of the molecule is Cc1cc(C)cc(OCC(=O)Nc2ccc(N3CCN(C(=O)C(C)(C)C)CC3)cc2)c1. The molecular weight excluding hydrogens is 390 g/mol. The van der Waals surface area contributed by atoms with Crippen LogP contribution in [-0.2, 0) is 9.59 Å². The zero-order valence-corrected chi connectivity index (χ0v) is 19.2. The van der Waals surface area contributed by atoms with E-state index in [0.717, 1.165) is 48.7 Å². The summed E-state index contributed by atoms with van der Waals surface area (Å²) in [7, 11) is 0. The van der Waals surface area contributed by atoms with E-state index in [1.807, 2.05) is 75.9 Å². The molecule has 6 heteroatoms. The Morgan fingerprint density at radius 1 is 0.935 bits per heavy atom. The van der Waals surface area contributed by atoms with Crippen LogP contribution < -0.4 is 15.0 Å². The molecule has 0 spiro atoms. The normalized spacial score (nSPS) is 14.4. The van der Waals surface area contributed by atoms with Crippen LogP contribution in [0.1, 0.15) is 31.9 Å². The third-order valence-electron chi connectivity index (χ3n) is 5.29. The minimum absolute atomic E-state index is 0.0333. The number of aryl methyl sites for hydroxylation is 2. The molecule has 0 atom stereocenters. The first-order chi connectivity index (χ1) is 14.6. The van der Waals surface area contributed by atoms with Crippen LogP contribution in [-0.4, -0.2) is 49.5 Å². The minimum atomic E-state index is -0.343. The number of nitrogens with one attached hydrogen (secondary N) is 1. The number of hydrogen-bond donors (Lipinski definition) is 1. The van der Waals surface area contributed by atoms with Crippen LogP contribution in [0.4, 0.5) is 11.4 Å². The number of amides is 2. The fraction of sp³-hybridized carbons (Fsp3) is 0.440. The average Bonchev–Trinajstić information content (AvgIpc) is 2.71. The fourth-order valence-electron chi connectivity index (χ4n) is 3.76. The summed E-state index contributed by atoms with van der Waals surface area (Å²) in [5.74, 6) is 0.710. The van der Waals surface area contributed by atoms with Crippen molar-refractivity contribution in [3.8, 4) is 5.75 Å². The molecule has 1 heterocycles. The highest BCUT2D eigenvalue weighted by Crippen LogP contribution is 2.23. The maximum Gasteiger partial charge on any atom is 0.262 e. The molecule has 1 saturated heterocycles. The van der Waals surface area contributed by atoms with E-state index in [1.54, 1.807) is 0 Å². The Balaban J connectivity index is 1.49. The second kappa shape index (κ2) is 9.41. The number of carbonyl (C=O) groups is 2. The zero-order valence-electron chi connectivity index (χ0n) is 19.2. The van der Waals surface area contributed by atoms with Gasteiger partial charge in [0, 0.05) is 43.0 Å². The molecule has 0 radical (unpaired) electrons. The summed E-state index contributed by atoms with van der Waals surface area (Å²) in [6.45, 7) is 12.9. The summed E-state index contributed by atoms with van der Waals surface area (Å²) in [4.78, 5) is 28.9. The van der Waals surface area contributed by atoms with Gasteiger partial charge in [0.2, 0.25) is 5.91 Å². The van der Waals surface area contributed by atoms with Crippen molar-refractivity contribution in [1.29, 1.82) is 0 Å². The number of nitrogens with zero attached hydrogens (tertiary/aromatic N) is 2. The van der Waals surface area contributed by atoms with E-state index in [4.69, 9.17) is 4.74 Å². The summed E-state index contributed by atoms with van der Waals surface area (Å²) in [6.07, 6.45) is 0. The van der Waals surface area contributed by atoms with Gasteiger partial charge >= 0.3 is 0 Å². The van der Waals surface area contributed by atoms with E-state index in [9.17, 15) is 9.59 Å². The van der Waals surface area contributed by atoms with Crippen LogP contribution in [0.25, 0.3) is 0 Å². The molecule has 2 amide bonds. The summed E-state index contributed by atoms with van der Waals surface area (Å²) in [6, 6.07) is 13.7. The molecule has 6 nitrogen and oxygen atoms in total. The molecule has 1 fully saturated rings. The molecule has 0 bridgehead atoms. The Bertz CT molecular complexity index is 904. The van der Waals surface area contributed by atoms with Gasteiger partial charge in [0.1, 0.15) is 5.75 Å². The second-order valence-corrected chi connectivity index (χ2v) is 9.24. The van der Waals surface area contributed by atoms with Gasteiger partial charge in [-0.25, -0.2) is 0 Å². The Morgan fingerprint density at radius 2 is 1.52 bits per heavy atom. The maximum absolute atomic E-state index is 12.4. The monoisotopic (exact) mass is 423 g/mol. The predicted molar refractivity (Wildman–Crippen MR) is 125 cm³/mol. The van der Waals surface area contributed by atoms with E-state index in [2.05, 4.69) is 16.3 Å². The van der Waals surface area contributed by atoms with E-state index in [0.29, 0.717) is 5.75 Å². The van der Waals surface area contributed by atoms with Crippen molar-refractivity contribution in [3.05, 3.63) is 53.6 Å². The maximum atomic E-state index is 12.4. The van der Waals surface area contributed by atoms with Crippen molar-refractivity contribution in [2.45, 2.75) is 34.6 Å². The van der Waals surface area contributed by atoms with Crippen LogP contribution in [0.5, 0.6) is 5.75 Å². The van der Waals surface area contributed by atoms with E-state index in [-0.39, 0.29) is 23.8 Å². The largest absolute Gasteiger partial charge is 0.484 e. The van der Waals surface area contributed by atoms with E-state index in [1.165, 1.54) is 0 Å². The van der Waals surface area contributed by atoms with Gasteiger partial charge in [-0.05, 0) is 61.4 Å². The number of rotatable bonds is 5. The standard InChI is InChI=1S/C25H33N3O3/c1-18-14-19(2)16-22(15-18)31-17-23(29)26-20-6-8-21(9-7-20)27-10-12-28(13-11-27)24(30)25(3,4)5/h6-9,14-16H,10-13,17H2,1-5H3,(H,26,29). The van der Waals surface area contributed by atoms with Crippen molar-refractivity contribution < 1.29 is 14.3 Å². The second-order valence-electron chi connectivity index (χ2n) is 9.24. The number of carbonyl (C=O) groups excluding carboxylic acids is 2. The first-order valence-electron chi connectivity index (χ1n) is 10.8. The average molecular weight is 424 g/mol. The Hall–Kier alpha value is -3.02. The molecule has 1 aliphatic heterocycles. The molecule has 31 heavy (non-hydrogen) atoms. The Labute approximate surface area is 185 Å². The third kappa shape index (κ3) is 6.23. The van der Waals surface area contributed by atoms with Gasteiger partial charge in [0.05, 0.1) is 0 Å². The lowest BCUT2D eigenvalue weighted by Gasteiger charge is -2.38. The molecule has 2 aromatic carbocycles. The molecule has 0 unspecified atom stereocenters. The molecule has 0 aliphatic carbocycles. The topological polar surface area (TPSA) is 61.9 Å². The first-order valence-corrected chi connectivity index (χ1v) is 10.8. The van der Waals surface area contributed by atoms with Crippen molar-refractivity contribution in [3.63, 3.8) is 0 Å². The highest BCUT2D eigenvalue weighted by molar-refractivity contribution is 5.92. The van der Waals surface area contributed by atoms with Crippen LogP contribution in [0.15, 0.2) is 42.5 Å². The minimum Gasteiger partial charge on any atom is -0.484 e. The molecule has 3 rings (SSSR count). The fourth-order valence-corrected chi connectivity index (χ4v) is 3.76.